The van der Waals surface area contributed by atoms with Crippen LogP contribution in [0.2, 0.25) is 0 Å². The molecule has 0 aromatic heterocycles. The summed E-state index contributed by atoms with van der Waals surface area (Å²) in [7, 11) is 0. The number of aliphatic carboxylic acids is 1. The van der Waals surface area contributed by atoms with E-state index < -0.39 is 12.0 Å². The van der Waals surface area contributed by atoms with E-state index in [-0.39, 0.29) is 6.03 Å². The van der Waals surface area contributed by atoms with Gasteiger partial charge in [-0.15, -0.1) is 0 Å². The van der Waals surface area contributed by atoms with Crippen LogP contribution in [0, 0.1) is 5.92 Å². The van der Waals surface area contributed by atoms with Crippen LogP contribution >= 0.6 is 0 Å². The molecule has 0 aliphatic carbocycles. The molecule has 1 fully saturated rings. The number of carboxylic acid groups (broad SMARTS) is 1. The Bertz CT molecular complexity index is 490. The first-order valence-electron chi connectivity index (χ1n) is 7.41. The molecule has 2 amide bonds. The lowest BCUT2D eigenvalue weighted by molar-refractivity contribution is -0.139. The lowest BCUT2D eigenvalue weighted by atomic mass is 10.0. The Morgan fingerprint density at radius 1 is 1.24 bits per heavy atom. The van der Waals surface area contributed by atoms with E-state index in [0.717, 1.165) is 19.3 Å². The molecular formula is C16H22N2O3. The summed E-state index contributed by atoms with van der Waals surface area (Å²) in [5, 5.41) is 12.0. The molecule has 5 heteroatoms. The highest BCUT2D eigenvalue weighted by Gasteiger charge is 2.25. The topological polar surface area (TPSA) is 69.6 Å². The SMILES string of the molecule is CC1CCCN(C(=O)N[C@@H](C(=O)O)c2ccccc2)CC1. The number of hydrogen-bond acceptors (Lipinski definition) is 2. The first-order valence-corrected chi connectivity index (χ1v) is 7.41. The van der Waals surface area contributed by atoms with Crippen LogP contribution < -0.4 is 5.32 Å². The molecule has 21 heavy (non-hydrogen) atoms. The van der Waals surface area contributed by atoms with Crippen LogP contribution in [0.4, 0.5) is 4.79 Å². The highest BCUT2D eigenvalue weighted by Crippen LogP contribution is 2.18. The number of carboxylic acids is 1. The van der Waals surface area contributed by atoms with Gasteiger partial charge in [-0.1, -0.05) is 37.3 Å². The molecule has 1 saturated heterocycles. The minimum absolute atomic E-state index is 0.291. The monoisotopic (exact) mass is 290 g/mol. The second-order valence-corrected chi connectivity index (χ2v) is 5.65. The second-order valence-electron chi connectivity index (χ2n) is 5.65. The summed E-state index contributed by atoms with van der Waals surface area (Å²) in [6.45, 7) is 3.57. The van der Waals surface area contributed by atoms with Crippen molar-refractivity contribution in [3.63, 3.8) is 0 Å². The predicted octanol–water partition coefficient (Wildman–Crippen LogP) is 2.64. The van der Waals surface area contributed by atoms with Crippen LogP contribution in [0.5, 0.6) is 0 Å². The quantitative estimate of drug-likeness (QED) is 0.899. The number of nitrogens with one attached hydrogen (secondary N) is 1. The largest absolute Gasteiger partial charge is 0.479 e. The van der Waals surface area contributed by atoms with Gasteiger partial charge in [-0.3, -0.25) is 0 Å². The van der Waals surface area contributed by atoms with E-state index >= 15 is 0 Å². The average Bonchev–Trinajstić information content (AvgIpc) is 2.70. The zero-order chi connectivity index (χ0) is 15.2. The smallest absolute Gasteiger partial charge is 0.330 e. The summed E-state index contributed by atoms with van der Waals surface area (Å²) in [5.74, 6) is -0.426. The minimum Gasteiger partial charge on any atom is -0.479 e. The lowest BCUT2D eigenvalue weighted by Crippen LogP contribution is -2.44. The van der Waals surface area contributed by atoms with Crippen molar-refractivity contribution in [2.75, 3.05) is 13.1 Å². The number of carbonyl (C=O) groups excluding carboxylic acids is 1. The van der Waals surface area contributed by atoms with Crippen LogP contribution in [0.3, 0.4) is 0 Å². The number of rotatable bonds is 3. The fourth-order valence-electron chi connectivity index (χ4n) is 2.61. The number of likely N-dealkylation sites (tertiary alicyclic amines) is 1. The summed E-state index contributed by atoms with van der Waals surface area (Å²) in [6.07, 6.45) is 3.05. The average molecular weight is 290 g/mol. The van der Waals surface area contributed by atoms with Crippen molar-refractivity contribution in [3.05, 3.63) is 35.9 Å². The zero-order valence-corrected chi connectivity index (χ0v) is 12.3. The molecule has 1 aliphatic heterocycles. The molecular weight excluding hydrogens is 268 g/mol. The third kappa shape index (κ3) is 4.21. The number of urea groups is 1. The van der Waals surface area contributed by atoms with E-state index in [1.165, 1.54) is 0 Å². The molecule has 0 radical (unpaired) electrons. The minimum atomic E-state index is -1.04. The molecule has 0 bridgehead atoms. The Morgan fingerprint density at radius 3 is 2.62 bits per heavy atom. The van der Waals surface area contributed by atoms with Gasteiger partial charge in [0, 0.05) is 13.1 Å². The zero-order valence-electron chi connectivity index (χ0n) is 12.3. The third-order valence-electron chi connectivity index (χ3n) is 3.95. The normalized spacial score (nSPS) is 20.4. The van der Waals surface area contributed by atoms with Gasteiger partial charge in [-0.2, -0.15) is 0 Å². The van der Waals surface area contributed by atoms with Crippen molar-refractivity contribution in [2.24, 2.45) is 5.92 Å². The highest BCUT2D eigenvalue weighted by atomic mass is 16.4. The lowest BCUT2D eigenvalue weighted by Gasteiger charge is -2.24. The summed E-state index contributed by atoms with van der Waals surface area (Å²) >= 11 is 0. The maximum Gasteiger partial charge on any atom is 0.330 e. The fraction of sp³-hybridized carbons (Fsp3) is 0.500. The first-order chi connectivity index (χ1) is 10.1. The van der Waals surface area contributed by atoms with Crippen LogP contribution in [0.1, 0.15) is 37.8 Å². The van der Waals surface area contributed by atoms with Crippen LogP contribution in [0.25, 0.3) is 0 Å². The van der Waals surface area contributed by atoms with E-state index in [4.69, 9.17) is 0 Å². The Morgan fingerprint density at radius 2 is 1.95 bits per heavy atom. The second kappa shape index (κ2) is 7.11. The molecule has 114 valence electrons. The number of nitrogens with zero attached hydrogens (tertiary/aromatic N) is 1. The summed E-state index contributed by atoms with van der Waals surface area (Å²) in [4.78, 5) is 25.4. The van der Waals surface area contributed by atoms with E-state index in [1.807, 2.05) is 6.07 Å². The molecule has 5 nitrogen and oxygen atoms in total. The van der Waals surface area contributed by atoms with Gasteiger partial charge in [0.05, 0.1) is 0 Å². The van der Waals surface area contributed by atoms with Crippen molar-refractivity contribution in [1.82, 2.24) is 10.2 Å². The molecule has 0 saturated carbocycles. The van der Waals surface area contributed by atoms with E-state index in [0.29, 0.717) is 24.6 Å². The van der Waals surface area contributed by atoms with Gasteiger partial charge in [0.15, 0.2) is 6.04 Å². The molecule has 1 heterocycles. The standard InChI is InChI=1S/C16H22N2O3/c1-12-6-5-10-18(11-9-12)16(21)17-14(15(19)20)13-7-3-2-4-8-13/h2-4,7-8,12,14H,5-6,9-11H2,1H3,(H,17,21)(H,19,20)/t12?,14-/m1/s1. The Balaban J connectivity index is 2.03. The maximum atomic E-state index is 12.3. The Hall–Kier alpha value is -2.04. The number of carbonyl (C=O) groups is 2. The molecule has 2 N–H and O–H groups in total. The molecule has 1 aromatic rings. The fourth-order valence-corrected chi connectivity index (χ4v) is 2.61. The van der Waals surface area contributed by atoms with Crippen molar-refractivity contribution in [2.45, 2.75) is 32.2 Å². The summed E-state index contributed by atoms with van der Waals surface area (Å²) in [5.41, 5.74) is 0.585. The molecule has 2 rings (SSSR count). The molecule has 0 spiro atoms. The van der Waals surface area contributed by atoms with E-state index in [2.05, 4.69) is 12.2 Å². The summed E-state index contributed by atoms with van der Waals surface area (Å²) < 4.78 is 0. The van der Waals surface area contributed by atoms with Crippen molar-refractivity contribution in [3.8, 4) is 0 Å². The maximum absolute atomic E-state index is 12.3. The van der Waals surface area contributed by atoms with Gasteiger partial charge >= 0.3 is 12.0 Å². The van der Waals surface area contributed by atoms with Gasteiger partial charge in [-0.25, -0.2) is 9.59 Å². The molecule has 1 aliphatic rings. The number of benzene rings is 1. The van der Waals surface area contributed by atoms with Gasteiger partial charge < -0.3 is 15.3 Å². The number of hydrogen-bond donors (Lipinski definition) is 2. The Kier molecular flexibility index (Phi) is 5.20. The molecule has 1 aromatic carbocycles. The van der Waals surface area contributed by atoms with Crippen LogP contribution in [0.15, 0.2) is 30.3 Å². The van der Waals surface area contributed by atoms with E-state index in [1.54, 1.807) is 29.2 Å². The van der Waals surface area contributed by atoms with Gasteiger partial charge in [0.2, 0.25) is 0 Å². The van der Waals surface area contributed by atoms with Crippen LogP contribution in [-0.2, 0) is 4.79 Å². The van der Waals surface area contributed by atoms with Gasteiger partial charge in [0.1, 0.15) is 0 Å². The van der Waals surface area contributed by atoms with Crippen molar-refractivity contribution >= 4 is 12.0 Å². The molecule has 1 unspecified atom stereocenters. The van der Waals surface area contributed by atoms with Crippen molar-refractivity contribution < 1.29 is 14.7 Å². The van der Waals surface area contributed by atoms with E-state index in [9.17, 15) is 14.7 Å². The number of amides is 2. The Labute approximate surface area is 125 Å². The predicted molar refractivity (Wildman–Crippen MR) is 79.9 cm³/mol. The highest BCUT2D eigenvalue weighted by molar-refractivity contribution is 5.83. The first kappa shape index (κ1) is 15.4. The summed E-state index contributed by atoms with van der Waals surface area (Å²) in [6, 6.07) is 7.49. The van der Waals surface area contributed by atoms with Crippen LogP contribution in [-0.4, -0.2) is 35.1 Å². The third-order valence-corrected chi connectivity index (χ3v) is 3.95. The van der Waals surface area contributed by atoms with Gasteiger partial charge in [-0.05, 0) is 30.7 Å². The van der Waals surface area contributed by atoms with Gasteiger partial charge in [0.25, 0.3) is 0 Å². The van der Waals surface area contributed by atoms with Crippen molar-refractivity contribution in [1.29, 1.82) is 0 Å². The molecule has 2 atom stereocenters.